The molecule has 0 fully saturated rings. The van der Waals surface area contributed by atoms with E-state index in [1.165, 1.54) is 0 Å². The van der Waals surface area contributed by atoms with Crippen molar-refractivity contribution in [3.05, 3.63) is 0 Å². The summed E-state index contributed by atoms with van der Waals surface area (Å²) in [6.45, 7) is 2.10. The number of nitrogens with one attached hydrogen (secondary N) is 2. The third-order valence-electron chi connectivity index (χ3n) is 1.67. The zero-order valence-corrected chi connectivity index (χ0v) is 9.39. The average Bonchev–Trinajstić information content (AvgIpc) is 2.23. The summed E-state index contributed by atoms with van der Waals surface area (Å²) in [6.07, 6.45) is -5.73. The fraction of sp³-hybridized carbons (Fsp3) is 0.778. The van der Waals surface area contributed by atoms with Gasteiger partial charge in [-0.05, 0) is 6.42 Å². The molecule has 0 rings (SSSR count). The molecule has 100 valence electrons. The van der Waals surface area contributed by atoms with Crippen molar-refractivity contribution >= 4 is 12.0 Å². The van der Waals surface area contributed by atoms with Crippen molar-refractivity contribution in [2.45, 2.75) is 38.8 Å². The highest BCUT2D eigenvalue weighted by atomic mass is 19.4. The first kappa shape index (κ1) is 15.5. The molecule has 8 heteroatoms. The van der Waals surface area contributed by atoms with Crippen molar-refractivity contribution < 1.29 is 27.5 Å². The molecule has 2 N–H and O–H groups in total. The predicted molar refractivity (Wildman–Crippen MR) is 52.8 cm³/mol. The Kier molecular flexibility index (Phi) is 7.08. The number of ether oxygens (including phenoxy) is 1. The first-order chi connectivity index (χ1) is 7.85. The second-order valence-electron chi connectivity index (χ2n) is 3.28. The maximum Gasteiger partial charge on any atom is 0.426 e. The van der Waals surface area contributed by atoms with Gasteiger partial charge >= 0.3 is 12.3 Å². The van der Waals surface area contributed by atoms with Gasteiger partial charge in [-0.1, -0.05) is 13.3 Å². The summed E-state index contributed by atoms with van der Waals surface area (Å²) >= 11 is 0. The van der Waals surface area contributed by atoms with E-state index in [4.69, 9.17) is 0 Å². The van der Waals surface area contributed by atoms with E-state index in [1.807, 2.05) is 17.8 Å². The van der Waals surface area contributed by atoms with Crippen LogP contribution in [-0.2, 0) is 9.53 Å². The molecule has 0 aliphatic rings. The molecule has 2 amide bonds. The van der Waals surface area contributed by atoms with E-state index in [0.717, 1.165) is 6.42 Å². The fourth-order valence-corrected chi connectivity index (χ4v) is 0.784. The lowest BCUT2D eigenvalue weighted by atomic mass is 10.3. The van der Waals surface area contributed by atoms with E-state index in [0.29, 0.717) is 6.42 Å². The third-order valence-corrected chi connectivity index (χ3v) is 1.67. The van der Waals surface area contributed by atoms with E-state index in [9.17, 15) is 22.8 Å². The van der Waals surface area contributed by atoms with E-state index in [2.05, 4.69) is 4.74 Å². The second kappa shape index (κ2) is 7.75. The number of rotatable bonds is 5. The standard InChI is InChI=1S/C9H15F3N2O3/c1-2-3-6-17-8(16)14-13-7(15)4-5-9(10,11)12/h2-6H2,1H3,(H,13,15)(H,14,16). The Hall–Kier alpha value is -1.47. The Morgan fingerprint density at radius 3 is 2.41 bits per heavy atom. The molecule has 0 aliphatic heterocycles. The highest BCUT2D eigenvalue weighted by Gasteiger charge is 2.27. The minimum atomic E-state index is -4.39. The molecule has 0 aromatic rings. The number of carbonyl (C=O) groups is 2. The number of carbonyl (C=O) groups excluding carboxylic acids is 2. The lowest BCUT2D eigenvalue weighted by Gasteiger charge is -2.09. The predicted octanol–water partition coefficient (Wildman–Crippen LogP) is 1.89. The van der Waals surface area contributed by atoms with E-state index >= 15 is 0 Å². The topological polar surface area (TPSA) is 67.4 Å². The van der Waals surface area contributed by atoms with Gasteiger partial charge in [-0.25, -0.2) is 10.2 Å². The van der Waals surface area contributed by atoms with Crippen LogP contribution in [0, 0.1) is 0 Å². The van der Waals surface area contributed by atoms with Gasteiger partial charge in [0.25, 0.3) is 0 Å². The molecule has 0 atom stereocenters. The van der Waals surface area contributed by atoms with Gasteiger partial charge < -0.3 is 4.74 Å². The molecule has 0 aliphatic carbocycles. The van der Waals surface area contributed by atoms with Crippen LogP contribution in [-0.4, -0.2) is 24.8 Å². The molecule has 0 spiro atoms. The summed E-state index contributed by atoms with van der Waals surface area (Å²) in [5.41, 5.74) is 3.67. The molecule has 17 heavy (non-hydrogen) atoms. The summed E-state index contributed by atoms with van der Waals surface area (Å²) in [5, 5.41) is 0. The van der Waals surface area contributed by atoms with Crippen molar-refractivity contribution in [2.75, 3.05) is 6.61 Å². The molecular formula is C9H15F3N2O3. The van der Waals surface area contributed by atoms with Crippen LogP contribution < -0.4 is 10.9 Å². The average molecular weight is 256 g/mol. The maximum atomic E-state index is 11.7. The van der Waals surface area contributed by atoms with Gasteiger partial charge in [0.1, 0.15) is 0 Å². The molecule has 0 heterocycles. The number of halogens is 3. The first-order valence-corrected chi connectivity index (χ1v) is 5.13. The van der Waals surface area contributed by atoms with Gasteiger partial charge in [0.15, 0.2) is 0 Å². The van der Waals surface area contributed by atoms with Crippen LogP contribution in [0.2, 0.25) is 0 Å². The number of hydrogen-bond acceptors (Lipinski definition) is 3. The Bertz CT molecular complexity index is 256. The highest BCUT2D eigenvalue weighted by molar-refractivity contribution is 5.78. The van der Waals surface area contributed by atoms with Crippen molar-refractivity contribution in [1.29, 1.82) is 0 Å². The van der Waals surface area contributed by atoms with Crippen LogP contribution in [0.15, 0.2) is 0 Å². The quantitative estimate of drug-likeness (QED) is 0.583. The summed E-state index contributed by atoms with van der Waals surface area (Å²) in [4.78, 5) is 21.7. The van der Waals surface area contributed by atoms with Gasteiger partial charge in [-0.2, -0.15) is 13.2 Å². The summed E-state index contributed by atoms with van der Waals surface area (Å²) in [5.74, 6) is -0.922. The zero-order valence-electron chi connectivity index (χ0n) is 9.39. The van der Waals surface area contributed by atoms with Gasteiger partial charge in [0, 0.05) is 6.42 Å². The highest BCUT2D eigenvalue weighted by Crippen LogP contribution is 2.20. The monoisotopic (exact) mass is 256 g/mol. The van der Waals surface area contributed by atoms with Crippen molar-refractivity contribution in [3.8, 4) is 0 Å². The normalized spacial score (nSPS) is 10.8. The molecular weight excluding hydrogens is 241 g/mol. The van der Waals surface area contributed by atoms with Crippen molar-refractivity contribution in [3.63, 3.8) is 0 Å². The summed E-state index contributed by atoms with van der Waals surface area (Å²) < 4.78 is 39.8. The maximum absolute atomic E-state index is 11.7. The molecule has 0 aromatic carbocycles. The minimum absolute atomic E-state index is 0.195. The van der Waals surface area contributed by atoms with E-state index in [1.54, 1.807) is 0 Å². The lowest BCUT2D eigenvalue weighted by Crippen LogP contribution is -2.42. The summed E-state index contributed by atoms with van der Waals surface area (Å²) in [6, 6.07) is 0. The van der Waals surface area contributed by atoms with Crippen LogP contribution in [0.5, 0.6) is 0 Å². The first-order valence-electron chi connectivity index (χ1n) is 5.13. The Morgan fingerprint density at radius 1 is 1.24 bits per heavy atom. The van der Waals surface area contributed by atoms with E-state index in [-0.39, 0.29) is 6.61 Å². The Labute approximate surface area is 96.7 Å². The molecule has 5 nitrogen and oxygen atoms in total. The smallest absolute Gasteiger partial charge is 0.426 e. The summed E-state index contributed by atoms with van der Waals surface area (Å²) in [7, 11) is 0. The molecule has 0 saturated carbocycles. The molecule has 0 bridgehead atoms. The van der Waals surface area contributed by atoms with Gasteiger partial charge in [-0.15, -0.1) is 0 Å². The molecule has 0 saturated heterocycles. The lowest BCUT2D eigenvalue weighted by molar-refractivity contribution is -0.144. The molecule has 0 radical (unpaired) electrons. The van der Waals surface area contributed by atoms with Crippen LogP contribution in [0.25, 0.3) is 0 Å². The van der Waals surface area contributed by atoms with Gasteiger partial charge in [0.2, 0.25) is 5.91 Å². The number of alkyl halides is 3. The number of hydrazine groups is 1. The van der Waals surface area contributed by atoms with Gasteiger partial charge in [0.05, 0.1) is 13.0 Å². The number of amides is 2. The fourth-order valence-electron chi connectivity index (χ4n) is 0.784. The number of hydrogen-bond donors (Lipinski definition) is 2. The van der Waals surface area contributed by atoms with Crippen molar-refractivity contribution in [1.82, 2.24) is 10.9 Å². The zero-order chi connectivity index (χ0) is 13.3. The van der Waals surface area contributed by atoms with Crippen LogP contribution in [0.4, 0.5) is 18.0 Å². The van der Waals surface area contributed by atoms with Crippen LogP contribution in [0.1, 0.15) is 32.6 Å². The van der Waals surface area contributed by atoms with Crippen molar-refractivity contribution in [2.24, 2.45) is 0 Å². The Morgan fingerprint density at radius 2 is 1.88 bits per heavy atom. The largest absolute Gasteiger partial charge is 0.448 e. The molecule has 0 aromatic heterocycles. The van der Waals surface area contributed by atoms with Gasteiger partial charge in [-0.3, -0.25) is 10.2 Å². The Balaban J connectivity index is 3.59. The third kappa shape index (κ3) is 10.8. The number of unbranched alkanes of at least 4 members (excludes halogenated alkanes) is 1. The van der Waals surface area contributed by atoms with Crippen LogP contribution in [0.3, 0.4) is 0 Å². The van der Waals surface area contributed by atoms with Crippen LogP contribution >= 0.6 is 0 Å². The second-order valence-corrected chi connectivity index (χ2v) is 3.28. The SMILES string of the molecule is CCCCOC(=O)NNC(=O)CCC(F)(F)F. The minimum Gasteiger partial charge on any atom is -0.448 e. The van der Waals surface area contributed by atoms with E-state index < -0.39 is 31.0 Å². The molecule has 0 unspecified atom stereocenters.